The summed E-state index contributed by atoms with van der Waals surface area (Å²) in [5, 5.41) is 0. The number of aldehydes is 1. The first-order chi connectivity index (χ1) is 8.70. The summed E-state index contributed by atoms with van der Waals surface area (Å²) in [6, 6.07) is 6.15. The zero-order valence-corrected chi connectivity index (χ0v) is 12.6. The zero-order chi connectivity index (χ0) is 13.0. The van der Waals surface area contributed by atoms with Crippen molar-refractivity contribution in [3.8, 4) is 5.75 Å². The van der Waals surface area contributed by atoms with Gasteiger partial charge in [-0.25, -0.2) is 0 Å². The number of hydrogen-bond donors (Lipinski definition) is 0. The van der Waals surface area contributed by atoms with Crippen LogP contribution in [0.3, 0.4) is 0 Å². The molecule has 94 valence electrons. The van der Waals surface area contributed by atoms with E-state index in [1.54, 1.807) is 0 Å². The van der Waals surface area contributed by atoms with Crippen molar-refractivity contribution in [2.24, 2.45) is 0 Å². The maximum Gasteiger partial charge on any atom is 0.150 e. The number of rotatable bonds is 4. The summed E-state index contributed by atoms with van der Waals surface area (Å²) >= 11 is -0.0579. The van der Waals surface area contributed by atoms with E-state index < -0.39 is 0 Å². The van der Waals surface area contributed by atoms with Crippen LogP contribution in [0.4, 0.5) is 0 Å². The lowest BCUT2D eigenvalue weighted by Crippen LogP contribution is -2.07. The molecule has 0 saturated heterocycles. The van der Waals surface area contributed by atoms with Crippen molar-refractivity contribution in [3.05, 3.63) is 50.6 Å². The predicted molar refractivity (Wildman–Crippen MR) is 83.7 cm³/mol. The second-order valence-electron chi connectivity index (χ2n) is 4.18. The van der Waals surface area contributed by atoms with Crippen molar-refractivity contribution in [2.45, 2.75) is 13.8 Å². The molecule has 0 N–H and O–H groups in total. The fraction of sp³-hybridized carbons (Fsp3) is 0.200. The number of benzene rings is 1. The molecule has 3 heteroatoms. The lowest BCUT2D eigenvalue weighted by atomic mass is 10.1. The Kier molecular flexibility index (Phi) is 4.47. The van der Waals surface area contributed by atoms with Gasteiger partial charge in [0.05, 0.1) is 0 Å². The quantitative estimate of drug-likeness (QED) is 0.611. The van der Waals surface area contributed by atoms with Gasteiger partial charge in [0.1, 0.15) is 18.6 Å². The highest BCUT2D eigenvalue weighted by molar-refractivity contribution is 14.2. The van der Waals surface area contributed by atoms with Crippen LogP contribution in [0.2, 0.25) is 0 Å². The fourth-order valence-electron chi connectivity index (χ4n) is 1.63. The SMILES string of the molecule is Cc1ccc(C)c(OCC2=C(C=O)C=CI=C2)c1. The lowest BCUT2D eigenvalue weighted by Gasteiger charge is -2.12. The summed E-state index contributed by atoms with van der Waals surface area (Å²) in [6.45, 7) is 4.55. The molecule has 0 unspecified atom stereocenters. The van der Waals surface area contributed by atoms with Gasteiger partial charge in [-0.05, 0) is 45.2 Å². The fourth-order valence-corrected chi connectivity index (χ4v) is 3.41. The molecule has 18 heavy (non-hydrogen) atoms. The van der Waals surface area contributed by atoms with Gasteiger partial charge in [-0.3, -0.25) is 4.79 Å². The minimum Gasteiger partial charge on any atom is -0.489 e. The minimum atomic E-state index is -0.0579. The number of halogens is 1. The van der Waals surface area contributed by atoms with Crippen molar-refractivity contribution in [1.82, 2.24) is 0 Å². The van der Waals surface area contributed by atoms with E-state index in [0.717, 1.165) is 28.7 Å². The van der Waals surface area contributed by atoms with E-state index in [9.17, 15) is 4.79 Å². The summed E-state index contributed by atoms with van der Waals surface area (Å²) in [4.78, 5) is 10.9. The van der Waals surface area contributed by atoms with E-state index in [4.69, 9.17) is 4.74 Å². The lowest BCUT2D eigenvalue weighted by molar-refractivity contribution is -0.104. The third-order valence-corrected chi connectivity index (χ3v) is 4.62. The van der Waals surface area contributed by atoms with Gasteiger partial charge in [-0.2, -0.15) is 0 Å². The molecule has 1 aliphatic rings. The van der Waals surface area contributed by atoms with Gasteiger partial charge in [-0.15, -0.1) is 0 Å². The van der Waals surface area contributed by atoms with E-state index in [1.807, 2.05) is 26.0 Å². The Bertz CT molecular complexity index is 554. The van der Waals surface area contributed by atoms with Crippen LogP contribution in [0.5, 0.6) is 5.75 Å². The Labute approximate surface area is 117 Å². The molecule has 1 aromatic carbocycles. The first-order valence-electron chi connectivity index (χ1n) is 5.71. The van der Waals surface area contributed by atoms with E-state index >= 15 is 0 Å². The van der Waals surface area contributed by atoms with Crippen LogP contribution in [0, 0.1) is 13.8 Å². The summed E-state index contributed by atoms with van der Waals surface area (Å²) < 4.78 is 10.1. The van der Waals surface area contributed by atoms with E-state index in [2.05, 4.69) is 20.2 Å². The molecule has 0 radical (unpaired) electrons. The summed E-state index contributed by atoms with van der Waals surface area (Å²) in [5.41, 5.74) is 4.06. The second kappa shape index (κ2) is 6.09. The summed E-state index contributed by atoms with van der Waals surface area (Å²) in [6.07, 6.45) is 2.81. The Morgan fingerprint density at radius 2 is 2.17 bits per heavy atom. The van der Waals surface area contributed by atoms with Crippen molar-refractivity contribution < 1.29 is 9.53 Å². The first-order valence-corrected chi connectivity index (χ1v) is 8.20. The monoisotopic (exact) mass is 354 g/mol. The number of aryl methyl sites for hydroxylation is 2. The maximum absolute atomic E-state index is 10.9. The number of ether oxygens (including phenoxy) is 1. The minimum absolute atomic E-state index is 0.0579. The number of carbonyl (C=O) groups excluding carboxylic acids is 1. The Hall–Kier alpha value is -1.23. The highest BCUT2D eigenvalue weighted by Gasteiger charge is 2.06. The van der Waals surface area contributed by atoms with Crippen LogP contribution in [0.1, 0.15) is 11.1 Å². The molecule has 0 atom stereocenters. The first kappa shape index (κ1) is 13.2. The maximum atomic E-state index is 10.9. The Balaban J connectivity index is 2.14. The zero-order valence-electron chi connectivity index (χ0n) is 10.4. The molecule has 0 bridgehead atoms. The molecule has 1 aliphatic heterocycles. The van der Waals surface area contributed by atoms with Gasteiger partial charge in [0.25, 0.3) is 0 Å². The largest absolute Gasteiger partial charge is 0.489 e. The van der Waals surface area contributed by atoms with Crippen molar-refractivity contribution in [3.63, 3.8) is 0 Å². The average Bonchev–Trinajstić information content (AvgIpc) is 2.40. The van der Waals surface area contributed by atoms with E-state index in [1.165, 1.54) is 5.56 Å². The van der Waals surface area contributed by atoms with Crippen LogP contribution >= 0.6 is 20.7 Å². The number of allylic oxidation sites excluding steroid dienone is 2. The second-order valence-corrected chi connectivity index (χ2v) is 6.24. The van der Waals surface area contributed by atoms with Crippen LogP contribution in [-0.2, 0) is 4.79 Å². The van der Waals surface area contributed by atoms with Gasteiger partial charge >= 0.3 is 0 Å². The molecule has 0 aromatic heterocycles. The number of hydrogen-bond acceptors (Lipinski definition) is 2. The Morgan fingerprint density at radius 3 is 2.94 bits per heavy atom. The molecule has 2 rings (SSSR count). The third-order valence-electron chi connectivity index (χ3n) is 2.73. The highest BCUT2D eigenvalue weighted by Crippen LogP contribution is 2.21. The predicted octanol–water partition coefficient (Wildman–Crippen LogP) is 3.48. The molecule has 0 saturated carbocycles. The van der Waals surface area contributed by atoms with Crippen LogP contribution in [0.15, 0.2) is 39.5 Å². The van der Waals surface area contributed by atoms with Crippen molar-refractivity contribution in [2.75, 3.05) is 6.61 Å². The van der Waals surface area contributed by atoms with Gasteiger partial charge in [0, 0.05) is 11.1 Å². The molecule has 0 fully saturated rings. The molecule has 0 spiro atoms. The highest BCUT2D eigenvalue weighted by atomic mass is 127. The molecular formula is C15H15IO2. The molecule has 2 nitrogen and oxygen atoms in total. The van der Waals surface area contributed by atoms with Crippen LogP contribution in [-0.4, -0.2) is 16.9 Å². The third kappa shape index (κ3) is 3.16. The van der Waals surface area contributed by atoms with Crippen molar-refractivity contribution >= 4 is 31.0 Å². The summed E-state index contributed by atoms with van der Waals surface area (Å²) in [5.74, 6) is 0.897. The van der Waals surface area contributed by atoms with Gasteiger partial charge in [-0.1, -0.05) is 32.9 Å². The molecular weight excluding hydrogens is 339 g/mol. The van der Waals surface area contributed by atoms with E-state index in [0.29, 0.717) is 6.61 Å². The molecule has 1 aromatic rings. The topological polar surface area (TPSA) is 26.3 Å². The number of carbonyl (C=O) groups is 1. The van der Waals surface area contributed by atoms with Gasteiger partial charge < -0.3 is 4.74 Å². The smallest absolute Gasteiger partial charge is 0.150 e. The summed E-state index contributed by atoms with van der Waals surface area (Å²) in [7, 11) is 0. The van der Waals surface area contributed by atoms with Gasteiger partial charge in [0.15, 0.2) is 0 Å². The van der Waals surface area contributed by atoms with Crippen LogP contribution in [0.25, 0.3) is 0 Å². The van der Waals surface area contributed by atoms with Gasteiger partial charge in [0.2, 0.25) is 0 Å². The molecule has 0 aliphatic carbocycles. The molecule has 0 amide bonds. The Morgan fingerprint density at radius 1 is 1.33 bits per heavy atom. The molecule has 1 heterocycles. The normalized spacial score (nSPS) is 14.3. The van der Waals surface area contributed by atoms with Crippen LogP contribution < -0.4 is 4.74 Å². The standard InChI is InChI=1S/C15H15IO2/c1-11-3-4-12(2)15(7-11)18-10-14-8-16-6-5-13(14)9-17/h3-9H,10H2,1-2H3. The van der Waals surface area contributed by atoms with Crippen molar-refractivity contribution in [1.29, 1.82) is 0 Å². The van der Waals surface area contributed by atoms with E-state index in [-0.39, 0.29) is 20.7 Å². The average molecular weight is 354 g/mol.